The normalized spacial score (nSPS) is 10.0. The molecule has 1 rings (SSSR count). The van der Waals surface area contributed by atoms with Crippen LogP contribution in [-0.2, 0) is 4.79 Å². The van der Waals surface area contributed by atoms with Gasteiger partial charge in [0.25, 0.3) is 11.6 Å². The maximum Gasteiger partial charge on any atom is 0.287 e. The van der Waals surface area contributed by atoms with Crippen molar-refractivity contribution in [3.8, 4) is 0 Å². The standard InChI is InChI=1S/C11H12ClN3O4/c1-2-14(6-10(13)16)11(17)7-3-4-9(15(18)19)8(12)5-7/h3-5H,2,6H2,1H3,(H2,13,16). The molecule has 0 aromatic heterocycles. The number of hydrogen-bond donors (Lipinski definition) is 1. The van der Waals surface area contributed by atoms with Crippen LogP contribution in [0.1, 0.15) is 17.3 Å². The zero-order valence-electron chi connectivity index (χ0n) is 10.1. The molecule has 1 aromatic carbocycles. The minimum Gasteiger partial charge on any atom is -0.368 e. The lowest BCUT2D eigenvalue weighted by atomic mass is 10.1. The zero-order valence-corrected chi connectivity index (χ0v) is 10.9. The summed E-state index contributed by atoms with van der Waals surface area (Å²) >= 11 is 5.72. The van der Waals surface area contributed by atoms with E-state index in [1.54, 1.807) is 6.92 Å². The van der Waals surface area contributed by atoms with Gasteiger partial charge in [-0.1, -0.05) is 11.6 Å². The van der Waals surface area contributed by atoms with Crippen LogP contribution in [0.5, 0.6) is 0 Å². The molecule has 0 fully saturated rings. The summed E-state index contributed by atoms with van der Waals surface area (Å²) in [6.45, 7) is 1.76. The Balaban J connectivity index is 3.02. The molecule has 1 aromatic rings. The van der Waals surface area contributed by atoms with Crippen molar-refractivity contribution in [1.29, 1.82) is 0 Å². The number of amides is 2. The van der Waals surface area contributed by atoms with Gasteiger partial charge in [0.2, 0.25) is 5.91 Å². The van der Waals surface area contributed by atoms with Crippen LogP contribution in [0.2, 0.25) is 5.02 Å². The van der Waals surface area contributed by atoms with Gasteiger partial charge in [0, 0.05) is 18.2 Å². The second kappa shape index (κ2) is 6.14. The van der Waals surface area contributed by atoms with Crippen LogP contribution >= 0.6 is 11.6 Å². The lowest BCUT2D eigenvalue weighted by Gasteiger charge is -2.19. The summed E-state index contributed by atoms with van der Waals surface area (Å²) in [4.78, 5) is 34.0. The highest BCUT2D eigenvalue weighted by Crippen LogP contribution is 2.25. The molecular formula is C11H12ClN3O4. The third-order valence-electron chi connectivity index (χ3n) is 2.41. The second-order valence-electron chi connectivity index (χ2n) is 3.71. The fourth-order valence-electron chi connectivity index (χ4n) is 1.49. The largest absolute Gasteiger partial charge is 0.368 e. The van der Waals surface area contributed by atoms with Crippen molar-refractivity contribution in [2.45, 2.75) is 6.92 Å². The van der Waals surface area contributed by atoms with Crippen LogP contribution in [0.15, 0.2) is 18.2 Å². The molecule has 0 aliphatic rings. The third-order valence-corrected chi connectivity index (χ3v) is 2.71. The van der Waals surface area contributed by atoms with Gasteiger partial charge in [-0.15, -0.1) is 0 Å². The van der Waals surface area contributed by atoms with Crippen molar-refractivity contribution < 1.29 is 14.5 Å². The highest BCUT2D eigenvalue weighted by Gasteiger charge is 2.19. The number of rotatable bonds is 5. The Morgan fingerprint density at radius 3 is 2.53 bits per heavy atom. The van der Waals surface area contributed by atoms with Gasteiger partial charge in [0.15, 0.2) is 0 Å². The zero-order chi connectivity index (χ0) is 14.6. The van der Waals surface area contributed by atoms with Gasteiger partial charge in [-0.2, -0.15) is 0 Å². The Kier molecular flexibility index (Phi) is 4.82. The molecule has 0 aliphatic carbocycles. The van der Waals surface area contributed by atoms with Crippen molar-refractivity contribution in [1.82, 2.24) is 4.90 Å². The van der Waals surface area contributed by atoms with Crippen LogP contribution in [-0.4, -0.2) is 34.7 Å². The van der Waals surface area contributed by atoms with E-state index in [2.05, 4.69) is 0 Å². The Bertz CT molecular complexity index is 533. The van der Waals surface area contributed by atoms with E-state index in [1.165, 1.54) is 17.0 Å². The monoisotopic (exact) mass is 285 g/mol. The number of nitrogens with two attached hydrogens (primary N) is 1. The first kappa shape index (κ1) is 14.9. The molecule has 2 N–H and O–H groups in total. The molecule has 0 atom stereocenters. The summed E-state index contributed by atoms with van der Waals surface area (Å²) in [5, 5.41) is 10.5. The number of likely N-dealkylation sites (N-methyl/N-ethyl adjacent to an activating group) is 1. The van der Waals surface area contributed by atoms with Gasteiger partial charge >= 0.3 is 0 Å². The highest BCUT2D eigenvalue weighted by atomic mass is 35.5. The number of hydrogen-bond acceptors (Lipinski definition) is 4. The number of nitro groups is 1. The topological polar surface area (TPSA) is 107 Å². The van der Waals surface area contributed by atoms with E-state index in [0.29, 0.717) is 0 Å². The van der Waals surface area contributed by atoms with E-state index in [1.807, 2.05) is 0 Å². The van der Waals surface area contributed by atoms with E-state index >= 15 is 0 Å². The predicted molar refractivity (Wildman–Crippen MR) is 68.9 cm³/mol. The van der Waals surface area contributed by atoms with E-state index in [0.717, 1.165) is 6.07 Å². The lowest BCUT2D eigenvalue weighted by molar-refractivity contribution is -0.384. The van der Waals surface area contributed by atoms with Gasteiger partial charge < -0.3 is 10.6 Å². The van der Waals surface area contributed by atoms with Gasteiger partial charge in [0.05, 0.1) is 11.5 Å². The molecule has 0 radical (unpaired) electrons. The molecule has 0 saturated heterocycles. The number of carbonyl (C=O) groups is 2. The molecule has 0 bridgehead atoms. The lowest BCUT2D eigenvalue weighted by Crippen LogP contribution is -2.38. The average molecular weight is 286 g/mol. The number of carbonyl (C=O) groups excluding carboxylic acids is 2. The van der Waals surface area contributed by atoms with E-state index < -0.39 is 16.7 Å². The summed E-state index contributed by atoms with van der Waals surface area (Å²) in [6.07, 6.45) is 0. The maximum atomic E-state index is 12.0. The second-order valence-corrected chi connectivity index (χ2v) is 4.12. The summed E-state index contributed by atoms with van der Waals surface area (Å²) in [5.74, 6) is -1.10. The quantitative estimate of drug-likeness (QED) is 0.648. The van der Waals surface area contributed by atoms with Gasteiger partial charge in [-0.3, -0.25) is 19.7 Å². The van der Waals surface area contributed by atoms with Crippen molar-refractivity contribution in [3.63, 3.8) is 0 Å². The number of halogens is 1. The van der Waals surface area contributed by atoms with Crippen molar-refractivity contribution in [3.05, 3.63) is 38.9 Å². The van der Waals surface area contributed by atoms with Crippen LogP contribution in [0.25, 0.3) is 0 Å². The summed E-state index contributed by atoms with van der Waals surface area (Å²) in [7, 11) is 0. The van der Waals surface area contributed by atoms with E-state index in [9.17, 15) is 19.7 Å². The van der Waals surface area contributed by atoms with E-state index in [-0.39, 0.29) is 29.4 Å². The van der Waals surface area contributed by atoms with Gasteiger partial charge in [-0.05, 0) is 19.1 Å². The molecule has 0 heterocycles. The molecule has 7 nitrogen and oxygen atoms in total. The third kappa shape index (κ3) is 3.65. The molecule has 0 unspecified atom stereocenters. The Hall–Kier alpha value is -2.15. The number of primary amides is 1. The predicted octanol–water partition coefficient (Wildman–Crippen LogP) is 1.20. The summed E-state index contributed by atoms with van der Waals surface area (Å²) in [5.41, 5.74) is 4.91. The maximum absolute atomic E-state index is 12.0. The van der Waals surface area contributed by atoms with Crippen LogP contribution < -0.4 is 5.73 Å². The highest BCUT2D eigenvalue weighted by molar-refractivity contribution is 6.33. The minimum absolute atomic E-state index is 0.133. The fourth-order valence-corrected chi connectivity index (χ4v) is 1.74. The molecule has 0 aliphatic heterocycles. The average Bonchev–Trinajstić information content (AvgIpc) is 2.34. The Morgan fingerprint density at radius 2 is 2.11 bits per heavy atom. The van der Waals surface area contributed by atoms with E-state index in [4.69, 9.17) is 17.3 Å². The van der Waals surface area contributed by atoms with Gasteiger partial charge in [0.1, 0.15) is 5.02 Å². The van der Waals surface area contributed by atoms with Crippen LogP contribution in [0.3, 0.4) is 0 Å². The Morgan fingerprint density at radius 1 is 1.47 bits per heavy atom. The van der Waals surface area contributed by atoms with Crippen LogP contribution in [0, 0.1) is 10.1 Å². The first-order chi connectivity index (χ1) is 8.86. The van der Waals surface area contributed by atoms with Crippen LogP contribution in [0.4, 0.5) is 5.69 Å². The molecule has 102 valence electrons. The molecule has 8 heteroatoms. The molecule has 0 saturated carbocycles. The molecule has 2 amide bonds. The number of nitrogens with zero attached hydrogens (tertiary/aromatic N) is 2. The first-order valence-electron chi connectivity index (χ1n) is 5.38. The number of benzene rings is 1. The van der Waals surface area contributed by atoms with Crippen molar-refractivity contribution in [2.75, 3.05) is 13.1 Å². The summed E-state index contributed by atoms with van der Waals surface area (Å²) < 4.78 is 0. The number of nitro benzene ring substituents is 1. The fraction of sp³-hybridized carbons (Fsp3) is 0.273. The smallest absolute Gasteiger partial charge is 0.287 e. The molecule has 0 spiro atoms. The first-order valence-corrected chi connectivity index (χ1v) is 5.76. The van der Waals surface area contributed by atoms with Gasteiger partial charge in [-0.25, -0.2) is 0 Å². The Labute approximate surface area is 114 Å². The SMILES string of the molecule is CCN(CC(N)=O)C(=O)c1ccc([N+](=O)[O-])c(Cl)c1. The molecular weight excluding hydrogens is 274 g/mol. The summed E-state index contributed by atoms with van der Waals surface area (Å²) in [6, 6.07) is 3.63. The van der Waals surface area contributed by atoms with Crippen molar-refractivity contribution in [2.24, 2.45) is 5.73 Å². The minimum atomic E-state index is -0.641. The molecule has 19 heavy (non-hydrogen) atoms. The van der Waals surface area contributed by atoms with Crippen molar-refractivity contribution >= 4 is 29.1 Å².